The number of carbonyl (C=O) groups excluding carboxylic acids is 2. The smallest absolute Gasteiger partial charge is 0.246 e. The molecule has 0 saturated carbocycles. The summed E-state index contributed by atoms with van der Waals surface area (Å²) >= 11 is 5.97. The van der Waals surface area contributed by atoms with E-state index in [1.165, 1.54) is 12.0 Å². The Kier molecular flexibility index (Phi) is 3.99. The summed E-state index contributed by atoms with van der Waals surface area (Å²) in [7, 11) is 1.50. The molecule has 2 rings (SSSR count). The monoisotopic (exact) mass is 294 g/mol. The Hall–Kier alpha value is -2.01. The Balaban J connectivity index is 2.51. The molecule has 0 atom stereocenters. The summed E-state index contributed by atoms with van der Waals surface area (Å²) in [6, 6.07) is 5.01. The van der Waals surface area contributed by atoms with Crippen molar-refractivity contribution in [1.29, 1.82) is 0 Å². The topological polar surface area (TPSA) is 72.6 Å². The first-order chi connectivity index (χ1) is 9.45. The second-order valence-electron chi connectivity index (χ2n) is 4.48. The molecule has 2 N–H and O–H groups in total. The van der Waals surface area contributed by atoms with Crippen LogP contribution in [0.3, 0.4) is 0 Å². The van der Waals surface area contributed by atoms with Crippen LogP contribution < -0.4 is 15.4 Å². The van der Waals surface area contributed by atoms with E-state index in [2.05, 4.69) is 0 Å². The Morgan fingerprint density at radius 2 is 2.10 bits per heavy atom. The third-order valence-electron chi connectivity index (χ3n) is 3.30. The highest BCUT2D eigenvalue weighted by atomic mass is 35.5. The van der Waals surface area contributed by atoms with Gasteiger partial charge in [-0.1, -0.05) is 11.6 Å². The molecule has 20 heavy (non-hydrogen) atoms. The van der Waals surface area contributed by atoms with Crippen LogP contribution in [0.2, 0.25) is 5.02 Å². The van der Waals surface area contributed by atoms with Crippen LogP contribution in [-0.2, 0) is 9.59 Å². The average molecular weight is 295 g/mol. The zero-order valence-corrected chi connectivity index (χ0v) is 12.0. The van der Waals surface area contributed by atoms with Gasteiger partial charge in [0.25, 0.3) is 0 Å². The number of hydrogen-bond donors (Lipinski definition) is 1. The van der Waals surface area contributed by atoms with E-state index < -0.39 is 5.91 Å². The van der Waals surface area contributed by atoms with Crippen LogP contribution in [-0.4, -0.2) is 18.9 Å². The van der Waals surface area contributed by atoms with Crippen LogP contribution in [0.4, 0.5) is 5.69 Å². The van der Waals surface area contributed by atoms with Crippen molar-refractivity contribution < 1.29 is 14.3 Å². The number of rotatable bonds is 3. The quantitative estimate of drug-likeness (QED) is 0.929. The van der Waals surface area contributed by atoms with E-state index in [-0.39, 0.29) is 12.3 Å². The van der Waals surface area contributed by atoms with Gasteiger partial charge in [0.05, 0.1) is 17.8 Å². The molecule has 1 heterocycles. The predicted molar refractivity (Wildman–Crippen MR) is 76.6 cm³/mol. The zero-order chi connectivity index (χ0) is 14.9. The highest BCUT2D eigenvalue weighted by molar-refractivity contribution is 6.32. The van der Waals surface area contributed by atoms with Gasteiger partial charge in [-0.2, -0.15) is 0 Å². The molecule has 2 amide bonds. The van der Waals surface area contributed by atoms with Gasteiger partial charge in [-0.3, -0.25) is 14.5 Å². The lowest BCUT2D eigenvalue weighted by molar-refractivity contribution is -0.118. The fourth-order valence-electron chi connectivity index (χ4n) is 2.27. The number of nitrogens with two attached hydrogens (primary N) is 1. The number of nitrogens with zero attached hydrogens (tertiary/aromatic N) is 1. The van der Waals surface area contributed by atoms with E-state index in [0.29, 0.717) is 34.2 Å². The number of allylic oxidation sites excluding steroid dienone is 1. The van der Waals surface area contributed by atoms with Gasteiger partial charge in [-0.25, -0.2) is 0 Å². The lowest BCUT2D eigenvalue weighted by atomic mass is 10.0. The largest absolute Gasteiger partial charge is 0.495 e. The maximum atomic E-state index is 12.1. The fourth-order valence-corrected chi connectivity index (χ4v) is 2.47. The highest BCUT2D eigenvalue weighted by Crippen LogP contribution is 2.34. The van der Waals surface area contributed by atoms with Gasteiger partial charge in [0, 0.05) is 23.8 Å². The van der Waals surface area contributed by atoms with Crippen molar-refractivity contribution in [3.8, 4) is 5.75 Å². The van der Waals surface area contributed by atoms with Gasteiger partial charge in [0.2, 0.25) is 11.8 Å². The second kappa shape index (κ2) is 5.54. The summed E-state index contributed by atoms with van der Waals surface area (Å²) in [5.74, 6) is -0.117. The Morgan fingerprint density at radius 3 is 2.70 bits per heavy atom. The molecule has 106 valence electrons. The minimum atomic E-state index is -0.499. The molecule has 0 aromatic heterocycles. The van der Waals surface area contributed by atoms with Crippen molar-refractivity contribution in [1.82, 2.24) is 0 Å². The molecule has 0 spiro atoms. The van der Waals surface area contributed by atoms with Crippen molar-refractivity contribution >= 4 is 29.1 Å². The number of anilines is 1. The number of methoxy groups -OCH3 is 1. The lowest BCUT2D eigenvalue weighted by Crippen LogP contribution is -2.36. The van der Waals surface area contributed by atoms with Gasteiger partial charge in [-0.15, -0.1) is 0 Å². The summed E-state index contributed by atoms with van der Waals surface area (Å²) in [5.41, 5.74) is 6.97. The highest BCUT2D eigenvalue weighted by Gasteiger charge is 2.28. The number of carbonyl (C=O) groups is 2. The standard InChI is InChI=1S/C14H15ClN2O3/c1-8-10(14(16)19)4-6-13(18)17(8)9-3-5-11(15)12(7-9)20-2/h3,5,7H,4,6H2,1-2H3,(H2,16,19). The summed E-state index contributed by atoms with van der Waals surface area (Å²) in [5, 5.41) is 0.456. The van der Waals surface area contributed by atoms with Crippen molar-refractivity contribution in [2.24, 2.45) is 5.73 Å². The van der Waals surface area contributed by atoms with E-state index in [0.717, 1.165) is 0 Å². The number of ether oxygens (including phenoxy) is 1. The maximum absolute atomic E-state index is 12.1. The third kappa shape index (κ3) is 2.49. The van der Waals surface area contributed by atoms with E-state index in [1.54, 1.807) is 25.1 Å². The molecule has 1 aromatic carbocycles. The van der Waals surface area contributed by atoms with E-state index in [9.17, 15) is 9.59 Å². The maximum Gasteiger partial charge on any atom is 0.246 e. The van der Waals surface area contributed by atoms with Gasteiger partial charge < -0.3 is 10.5 Å². The number of primary amides is 1. The molecule has 0 unspecified atom stereocenters. The van der Waals surface area contributed by atoms with Gasteiger partial charge >= 0.3 is 0 Å². The third-order valence-corrected chi connectivity index (χ3v) is 3.61. The van der Waals surface area contributed by atoms with Crippen LogP contribution in [0.5, 0.6) is 5.75 Å². The number of amides is 2. The number of benzene rings is 1. The normalized spacial score (nSPS) is 15.6. The Labute approximate surface area is 121 Å². The molecular formula is C14H15ClN2O3. The van der Waals surface area contributed by atoms with Crippen molar-refractivity contribution in [2.45, 2.75) is 19.8 Å². The number of halogens is 1. The van der Waals surface area contributed by atoms with Crippen molar-refractivity contribution in [3.05, 3.63) is 34.5 Å². The van der Waals surface area contributed by atoms with Gasteiger partial charge in [0.15, 0.2) is 0 Å². The summed E-state index contributed by atoms with van der Waals surface area (Å²) in [6.07, 6.45) is 0.627. The molecule has 0 aliphatic carbocycles. The van der Waals surface area contributed by atoms with Crippen molar-refractivity contribution in [2.75, 3.05) is 12.0 Å². The summed E-state index contributed by atoms with van der Waals surface area (Å²) < 4.78 is 5.14. The molecule has 1 aliphatic heterocycles. The summed E-state index contributed by atoms with van der Waals surface area (Å²) in [6.45, 7) is 1.71. The van der Waals surface area contributed by atoms with Gasteiger partial charge in [0.1, 0.15) is 5.75 Å². The average Bonchev–Trinajstić information content (AvgIpc) is 2.40. The zero-order valence-electron chi connectivity index (χ0n) is 11.3. The van der Waals surface area contributed by atoms with Crippen LogP contribution in [0, 0.1) is 0 Å². The fraction of sp³-hybridized carbons (Fsp3) is 0.286. The first-order valence-electron chi connectivity index (χ1n) is 6.11. The van der Waals surface area contributed by atoms with Gasteiger partial charge in [-0.05, 0) is 25.5 Å². The molecule has 0 fully saturated rings. The molecule has 0 saturated heterocycles. The SMILES string of the molecule is COc1cc(N2C(=O)CCC(C(N)=O)=C2C)ccc1Cl. The molecule has 5 nitrogen and oxygen atoms in total. The Bertz CT molecular complexity index is 610. The molecule has 1 aliphatic rings. The van der Waals surface area contributed by atoms with E-state index in [4.69, 9.17) is 22.1 Å². The summed E-state index contributed by atoms with van der Waals surface area (Å²) in [4.78, 5) is 25.0. The molecular weight excluding hydrogens is 280 g/mol. The van der Waals surface area contributed by atoms with Crippen LogP contribution >= 0.6 is 11.6 Å². The molecule has 6 heteroatoms. The minimum absolute atomic E-state index is 0.0862. The Morgan fingerprint density at radius 1 is 1.40 bits per heavy atom. The first kappa shape index (κ1) is 14.4. The van der Waals surface area contributed by atoms with Crippen LogP contribution in [0.1, 0.15) is 19.8 Å². The molecule has 0 bridgehead atoms. The number of hydrogen-bond acceptors (Lipinski definition) is 3. The first-order valence-corrected chi connectivity index (χ1v) is 6.49. The molecule has 1 aromatic rings. The van der Waals surface area contributed by atoms with Crippen molar-refractivity contribution in [3.63, 3.8) is 0 Å². The van der Waals surface area contributed by atoms with E-state index in [1.807, 2.05) is 0 Å². The lowest BCUT2D eigenvalue weighted by Gasteiger charge is -2.29. The predicted octanol–water partition coefficient (Wildman–Crippen LogP) is 2.23. The molecule has 0 radical (unpaired) electrons. The second-order valence-corrected chi connectivity index (χ2v) is 4.88. The minimum Gasteiger partial charge on any atom is -0.495 e. The van der Waals surface area contributed by atoms with E-state index >= 15 is 0 Å². The van der Waals surface area contributed by atoms with Crippen LogP contribution in [0.25, 0.3) is 0 Å². The van der Waals surface area contributed by atoms with Crippen LogP contribution in [0.15, 0.2) is 29.5 Å².